The lowest BCUT2D eigenvalue weighted by Crippen LogP contribution is -2.27. The Morgan fingerprint density at radius 2 is 2.33 bits per heavy atom. The number of amides is 1. The third-order valence-electron chi connectivity index (χ3n) is 2.58. The van der Waals surface area contributed by atoms with E-state index in [1.54, 1.807) is 24.1 Å². The van der Waals surface area contributed by atoms with Crippen LogP contribution < -0.4 is 9.47 Å². The van der Waals surface area contributed by atoms with Gasteiger partial charge in [-0.1, -0.05) is 0 Å². The Kier molecular flexibility index (Phi) is 3.36. The molecule has 1 aromatic carbocycles. The van der Waals surface area contributed by atoms with Crippen molar-refractivity contribution in [2.45, 2.75) is 0 Å². The van der Waals surface area contributed by atoms with Gasteiger partial charge in [-0.2, -0.15) is 0 Å². The fraction of sp³-hybridized carbons (Fsp3) is 0.333. The van der Waals surface area contributed by atoms with Gasteiger partial charge in [0.1, 0.15) is 18.1 Å². The lowest BCUT2D eigenvalue weighted by atomic mass is 10.1. The SMILES string of the molecule is CN1CCOc2cc(OCC(=O)O)ccc2C1=O. The highest BCUT2D eigenvalue weighted by Gasteiger charge is 2.21. The molecule has 0 bridgehead atoms. The first-order valence-electron chi connectivity index (χ1n) is 5.45. The second-order valence-corrected chi connectivity index (χ2v) is 3.92. The Balaban J connectivity index is 2.23. The Morgan fingerprint density at radius 1 is 1.56 bits per heavy atom. The maximum atomic E-state index is 11.9. The van der Waals surface area contributed by atoms with Crippen molar-refractivity contribution in [3.63, 3.8) is 0 Å². The molecule has 0 aliphatic carbocycles. The van der Waals surface area contributed by atoms with E-state index < -0.39 is 12.6 Å². The van der Waals surface area contributed by atoms with Crippen molar-refractivity contribution >= 4 is 11.9 Å². The van der Waals surface area contributed by atoms with Gasteiger partial charge in [0.25, 0.3) is 5.91 Å². The fourth-order valence-electron chi connectivity index (χ4n) is 1.63. The monoisotopic (exact) mass is 251 g/mol. The molecule has 1 amide bonds. The molecule has 0 aromatic heterocycles. The normalized spacial score (nSPS) is 14.5. The lowest BCUT2D eigenvalue weighted by molar-refractivity contribution is -0.139. The van der Waals surface area contributed by atoms with E-state index in [4.69, 9.17) is 14.6 Å². The molecule has 0 radical (unpaired) electrons. The summed E-state index contributed by atoms with van der Waals surface area (Å²) in [4.78, 5) is 23.9. The van der Waals surface area contributed by atoms with Crippen LogP contribution in [0.4, 0.5) is 0 Å². The first-order chi connectivity index (χ1) is 8.58. The van der Waals surface area contributed by atoms with Crippen LogP contribution in [0.15, 0.2) is 18.2 Å². The summed E-state index contributed by atoms with van der Waals surface area (Å²) < 4.78 is 10.5. The Hall–Kier alpha value is -2.24. The maximum Gasteiger partial charge on any atom is 0.341 e. The van der Waals surface area contributed by atoms with Crippen LogP contribution in [0.5, 0.6) is 11.5 Å². The summed E-state index contributed by atoms with van der Waals surface area (Å²) >= 11 is 0. The van der Waals surface area contributed by atoms with Gasteiger partial charge in [-0.15, -0.1) is 0 Å². The highest BCUT2D eigenvalue weighted by molar-refractivity contribution is 5.97. The van der Waals surface area contributed by atoms with Crippen molar-refractivity contribution in [2.75, 3.05) is 26.8 Å². The number of fused-ring (bicyclic) bond motifs is 1. The van der Waals surface area contributed by atoms with Gasteiger partial charge < -0.3 is 19.5 Å². The van der Waals surface area contributed by atoms with Crippen molar-refractivity contribution in [2.24, 2.45) is 0 Å². The minimum absolute atomic E-state index is 0.118. The highest BCUT2D eigenvalue weighted by atomic mass is 16.5. The van der Waals surface area contributed by atoms with Crippen molar-refractivity contribution in [1.29, 1.82) is 0 Å². The second kappa shape index (κ2) is 4.95. The molecule has 96 valence electrons. The zero-order valence-electron chi connectivity index (χ0n) is 9.88. The molecule has 1 aliphatic heterocycles. The summed E-state index contributed by atoms with van der Waals surface area (Å²) in [5.41, 5.74) is 0.456. The third kappa shape index (κ3) is 2.53. The first kappa shape index (κ1) is 12.2. The van der Waals surface area contributed by atoms with Gasteiger partial charge in [-0.25, -0.2) is 4.79 Å². The number of likely N-dealkylation sites (N-methyl/N-ethyl adjacent to an activating group) is 1. The number of hydrogen-bond acceptors (Lipinski definition) is 4. The Morgan fingerprint density at radius 3 is 3.06 bits per heavy atom. The molecule has 18 heavy (non-hydrogen) atoms. The standard InChI is InChI=1S/C12H13NO5/c1-13-4-5-17-10-6-8(18-7-11(14)15)2-3-9(10)12(13)16/h2-3,6H,4-5,7H2,1H3,(H,14,15). The number of hydrogen-bond donors (Lipinski definition) is 1. The Bertz CT molecular complexity index is 485. The summed E-state index contributed by atoms with van der Waals surface area (Å²) in [7, 11) is 1.70. The zero-order valence-corrected chi connectivity index (χ0v) is 9.88. The van der Waals surface area contributed by atoms with E-state index in [-0.39, 0.29) is 5.91 Å². The summed E-state index contributed by atoms with van der Waals surface area (Å²) in [6, 6.07) is 4.67. The van der Waals surface area contributed by atoms with Gasteiger partial charge in [0.2, 0.25) is 0 Å². The van der Waals surface area contributed by atoms with Crippen LogP contribution >= 0.6 is 0 Å². The number of carbonyl (C=O) groups is 2. The van der Waals surface area contributed by atoms with E-state index in [2.05, 4.69) is 0 Å². The number of aliphatic carboxylic acids is 1. The molecule has 6 nitrogen and oxygen atoms in total. The van der Waals surface area contributed by atoms with Gasteiger partial charge >= 0.3 is 5.97 Å². The number of carbonyl (C=O) groups excluding carboxylic acids is 1. The van der Waals surface area contributed by atoms with Crippen LogP contribution in [0.1, 0.15) is 10.4 Å². The molecule has 0 unspecified atom stereocenters. The number of carboxylic acid groups (broad SMARTS) is 1. The summed E-state index contributed by atoms with van der Waals surface area (Å²) in [6.07, 6.45) is 0. The van der Waals surface area contributed by atoms with Crippen molar-refractivity contribution in [1.82, 2.24) is 4.90 Å². The molecule has 0 saturated heterocycles. The highest BCUT2D eigenvalue weighted by Crippen LogP contribution is 2.27. The van der Waals surface area contributed by atoms with Gasteiger partial charge in [0.15, 0.2) is 6.61 Å². The van der Waals surface area contributed by atoms with Crippen LogP contribution in [0, 0.1) is 0 Å². The average Bonchev–Trinajstić information content (AvgIpc) is 2.48. The van der Waals surface area contributed by atoms with Gasteiger partial charge in [-0.3, -0.25) is 4.79 Å². The maximum absolute atomic E-state index is 11.9. The molecular weight excluding hydrogens is 238 g/mol. The quantitative estimate of drug-likeness (QED) is 0.852. The minimum Gasteiger partial charge on any atom is -0.491 e. The van der Waals surface area contributed by atoms with E-state index in [0.29, 0.717) is 30.2 Å². The van der Waals surface area contributed by atoms with Crippen LogP contribution in [-0.2, 0) is 4.79 Å². The molecule has 0 spiro atoms. The summed E-state index contributed by atoms with van der Waals surface area (Å²) in [6.45, 7) is 0.489. The van der Waals surface area contributed by atoms with Gasteiger partial charge in [-0.05, 0) is 12.1 Å². The van der Waals surface area contributed by atoms with Crippen LogP contribution in [0.2, 0.25) is 0 Å². The first-order valence-corrected chi connectivity index (χ1v) is 5.45. The Labute approximate surface area is 104 Å². The topological polar surface area (TPSA) is 76.1 Å². The van der Waals surface area contributed by atoms with E-state index in [1.165, 1.54) is 6.07 Å². The molecule has 0 saturated carbocycles. The van der Waals surface area contributed by atoms with E-state index >= 15 is 0 Å². The zero-order chi connectivity index (χ0) is 13.1. The van der Waals surface area contributed by atoms with Crippen molar-refractivity contribution in [3.05, 3.63) is 23.8 Å². The van der Waals surface area contributed by atoms with Crippen LogP contribution in [0.3, 0.4) is 0 Å². The molecule has 6 heteroatoms. The van der Waals surface area contributed by atoms with Crippen molar-refractivity contribution in [3.8, 4) is 11.5 Å². The molecule has 0 atom stereocenters. The molecule has 2 rings (SSSR count). The predicted molar refractivity (Wildman–Crippen MR) is 62.0 cm³/mol. The largest absolute Gasteiger partial charge is 0.491 e. The number of ether oxygens (including phenoxy) is 2. The summed E-state index contributed by atoms with van der Waals surface area (Å²) in [5, 5.41) is 8.52. The van der Waals surface area contributed by atoms with E-state index in [1.807, 2.05) is 0 Å². The number of nitrogens with zero attached hydrogens (tertiary/aromatic N) is 1. The fourth-order valence-corrected chi connectivity index (χ4v) is 1.63. The van der Waals surface area contributed by atoms with Gasteiger partial charge in [0.05, 0.1) is 12.1 Å². The molecule has 1 heterocycles. The minimum atomic E-state index is -1.05. The number of rotatable bonds is 3. The third-order valence-corrected chi connectivity index (χ3v) is 2.58. The smallest absolute Gasteiger partial charge is 0.341 e. The van der Waals surface area contributed by atoms with Crippen LogP contribution in [-0.4, -0.2) is 48.7 Å². The number of carboxylic acids is 1. The van der Waals surface area contributed by atoms with E-state index in [0.717, 1.165) is 0 Å². The summed E-state index contributed by atoms with van der Waals surface area (Å²) in [5.74, 6) is -0.380. The van der Waals surface area contributed by atoms with Crippen molar-refractivity contribution < 1.29 is 24.2 Å². The van der Waals surface area contributed by atoms with Gasteiger partial charge in [0, 0.05) is 13.1 Å². The van der Waals surface area contributed by atoms with Crippen LogP contribution in [0.25, 0.3) is 0 Å². The lowest BCUT2D eigenvalue weighted by Gasteiger charge is -2.12. The average molecular weight is 251 g/mol. The molecule has 0 fully saturated rings. The molecular formula is C12H13NO5. The number of benzene rings is 1. The second-order valence-electron chi connectivity index (χ2n) is 3.92. The predicted octanol–water partition coefficient (Wildman–Crippen LogP) is 0.614. The molecule has 1 aliphatic rings. The molecule has 1 aromatic rings. The molecule has 1 N–H and O–H groups in total. The van der Waals surface area contributed by atoms with E-state index in [9.17, 15) is 9.59 Å².